The molecule has 2 fully saturated rings. The number of nitrogens with two attached hydrogens (primary N) is 1. The first-order chi connectivity index (χ1) is 18.3. The Morgan fingerprint density at radius 3 is 2.37 bits per heavy atom. The fourth-order valence-electron chi connectivity index (χ4n) is 5.62. The van der Waals surface area contributed by atoms with Gasteiger partial charge >= 0.3 is 5.69 Å². The first-order valence-corrected chi connectivity index (χ1v) is 15.1. The van der Waals surface area contributed by atoms with Crippen molar-refractivity contribution < 1.29 is 18.1 Å². The molecule has 1 aliphatic carbocycles. The Bertz CT molecular complexity index is 1180. The average molecular weight is 543 g/mol. The summed E-state index contributed by atoms with van der Waals surface area (Å²) in [6, 6.07) is 15.4. The number of para-hydroxylation sites is 1. The van der Waals surface area contributed by atoms with Crippen LogP contribution in [0.2, 0.25) is 0 Å². The SMILES string of the molecule is N[N+](=O)c1ccccc1S(=O)(=O)N(CCC1CCNCC1)C[C@@H](Cc1ccccc1)NC(=O)C1CCCC1. The van der Waals surface area contributed by atoms with Crippen LogP contribution < -0.4 is 16.5 Å². The van der Waals surface area contributed by atoms with Gasteiger partial charge in [-0.05, 0) is 69.2 Å². The quantitative estimate of drug-likeness (QED) is 0.215. The molecular weight excluding hydrogens is 502 g/mol. The number of hydrogen-bond acceptors (Lipinski definition) is 5. The van der Waals surface area contributed by atoms with Gasteiger partial charge in [0.05, 0.1) is 4.91 Å². The molecule has 1 atom stereocenters. The Morgan fingerprint density at radius 2 is 1.68 bits per heavy atom. The molecule has 206 valence electrons. The van der Waals surface area contributed by atoms with Crippen molar-refractivity contribution in [2.75, 3.05) is 26.2 Å². The minimum absolute atomic E-state index is 0.00720. The number of nitroso groups, excluding NO2 is 1. The van der Waals surface area contributed by atoms with Crippen molar-refractivity contribution in [3.8, 4) is 0 Å². The molecule has 2 aliphatic rings. The predicted molar refractivity (Wildman–Crippen MR) is 147 cm³/mol. The second kappa shape index (κ2) is 13.3. The van der Waals surface area contributed by atoms with Crippen molar-refractivity contribution in [2.45, 2.75) is 62.3 Å². The summed E-state index contributed by atoms with van der Waals surface area (Å²) in [6.07, 6.45) is 7.02. The molecule has 9 nitrogen and oxygen atoms in total. The lowest BCUT2D eigenvalue weighted by atomic mass is 9.94. The summed E-state index contributed by atoms with van der Waals surface area (Å²) in [4.78, 5) is 25.2. The number of piperidine rings is 1. The average Bonchev–Trinajstić information content (AvgIpc) is 3.47. The van der Waals surface area contributed by atoms with Crippen LogP contribution in [0, 0.1) is 16.7 Å². The van der Waals surface area contributed by atoms with Gasteiger partial charge in [0.25, 0.3) is 0 Å². The number of hydrogen-bond donors (Lipinski definition) is 3. The van der Waals surface area contributed by atoms with Crippen molar-refractivity contribution in [1.82, 2.24) is 14.9 Å². The van der Waals surface area contributed by atoms with E-state index in [1.54, 1.807) is 12.1 Å². The van der Waals surface area contributed by atoms with Crippen LogP contribution in [0.3, 0.4) is 0 Å². The molecule has 1 saturated heterocycles. The van der Waals surface area contributed by atoms with E-state index in [4.69, 9.17) is 5.84 Å². The number of rotatable bonds is 12. The maximum Gasteiger partial charge on any atom is 0.311 e. The van der Waals surface area contributed by atoms with Crippen molar-refractivity contribution in [2.24, 2.45) is 17.7 Å². The predicted octanol–water partition coefficient (Wildman–Crippen LogP) is 3.27. The van der Waals surface area contributed by atoms with Crippen LogP contribution in [0.4, 0.5) is 5.69 Å². The molecule has 38 heavy (non-hydrogen) atoms. The van der Waals surface area contributed by atoms with Gasteiger partial charge in [-0.15, -0.1) is 0 Å². The first-order valence-electron chi connectivity index (χ1n) is 13.7. The standard InChI is InChI=1S/C28H39N5O4S/c29-33(35)26-12-6-7-13-27(26)38(36,37)32(19-16-22-14-17-30-18-15-22)21-25(20-23-8-2-1-3-9-23)31-28(34)24-10-4-5-11-24/h1-3,6-9,12-13,22,24-25,30H,4-5,10-11,14-21H2,(H2-,29,31,34,35)/p+1/t25-/m1/s1. The molecule has 0 unspecified atom stereocenters. The molecular formula is C28H40N5O4S+. The minimum Gasteiger partial charge on any atom is -0.351 e. The van der Waals surface area contributed by atoms with Crippen LogP contribution in [0.25, 0.3) is 0 Å². The maximum absolute atomic E-state index is 14.0. The molecule has 0 spiro atoms. The Morgan fingerprint density at radius 1 is 1.03 bits per heavy atom. The molecule has 4 rings (SSSR count). The Hall–Kier alpha value is -2.82. The number of carbonyl (C=O) groups is 1. The molecule has 10 heteroatoms. The molecule has 1 aliphatic heterocycles. The van der Waals surface area contributed by atoms with Crippen molar-refractivity contribution in [3.63, 3.8) is 0 Å². The summed E-state index contributed by atoms with van der Waals surface area (Å²) >= 11 is 0. The monoisotopic (exact) mass is 542 g/mol. The molecule has 0 aromatic heterocycles. The highest BCUT2D eigenvalue weighted by molar-refractivity contribution is 7.89. The summed E-state index contributed by atoms with van der Waals surface area (Å²) in [6.45, 7) is 2.26. The highest BCUT2D eigenvalue weighted by Gasteiger charge is 2.35. The molecule has 2 aromatic carbocycles. The number of amides is 1. The van der Waals surface area contributed by atoms with E-state index in [9.17, 15) is 18.1 Å². The number of nitrogens with one attached hydrogen (secondary N) is 2. The lowest BCUT2D eigenvalue weighted by molar-refractivity contribution is -0.477. The van der Waals surface area contributed by atoms with Gasteiger partial charge in [0.1, 0.15) is 0 Å². The third kappa shape index (κ3) is 7.39. The Kier molecular flexibility index (Phi) is 9.87. The van der Waals surface area contributed by atoms with Crippen molar-refractivity contribution in [1.29, 1.82) is 0 Å². The van der Waals surface area contributed by atoms with Crippen LogP contribution in [-0.4, -0.2) is 55.7 Å². The van der Waals surface area contributed by atoms with Crippen LogP contribution in [0.1, 0.15) is 50.5 Å². The molecule has 1 amide bonds. The van der Waals surface area contributed by atoms with Gasteiger partial charge in [0.2, 0.25) is 15.9 Å². The Labute approximate surface area is 225 Å². The highest BCUT2D eigenvalue weighted by Crippen LogP contribution is 2.28. The summed E-state index contributed by atoms with van der Waals surface area (Å²) < 4.78 is 29.5. The zero-order valence-electron chi connectivity index (χ0n) is 21.9. The summed E-state index contributed by atoms with van der Waals surface area (Å²) in [5.74, 6) is 5.85. The lowest BCUT2D eigenvalue weighted by Gasteiger charge is -2.30. The highest BCUT2D eigenvalue weighted by atomic mass is 32.2. The zero-order chi connectivity index (χ0) is 27.0. The molecule has 4 N–H and O–H groups in total. The topological polar surface area (TPSA) is 125 Å². The first kappa shape index (κ1) is 28.2. The second-order valence-electron chi connectivity index (χ2n) is 10.5. The van der Waals surface area contributed by atoms with Crippen LogP contribution in [0.5, 0.6) is 0 Å². The smallest absolute Gasteiger partial charge is 0.311 e. The van der Waals surface area contributed by atoms with E-state index in [0.29, 0.717) is 25.3 Å². The van der Waals surface area contributed by atoms with E-state index in [-0.39, 0.29) is 33.8 Å². The van der Waals surface area contributed by atoms with E-state index in [1.165, 1.54) is 16.4 Å². The van der Waals surface area contributed by atoms with E-state index in [1.807, 2.05) is 30.3 Å². The molecule has 2 aromatic rings. The largest absolute Gasteiger partial charge is 0.351 e. The van der Waals surface area contributed by atoms with E-state index in [2.05, 4.69) is 10.6 Å². The lowest BCUT2D eigenvalue weighted by Crippen LogP contribution is -2.49. The van der Waals surface area contributed by atoms with Crippen molar-refractivity contribution >= 4 is 21.6 Å². The Balaban J connectivity index is 1.62. The van der Waals surface area contributed by atoms with Gasteiger partial charge in [-0.25, -0.2) is 8.42 Å². The van der Waals surface area contributed by atoms with Crippen LogP contribution in [0.15, 0.2) is 59.5 Å². The van der Waals surface area contributed by atoms with Gasteiger partial charge in [-0.2, -0.15) is 10.1 Å². The van der Waals surface area contributed by atoms with E-state index in [0.717, 1.165) is 57.2 Å². The number of benzene rings is 2. The minimum atomic E-state index is -4.07. The third-order valence-electron chi connectivity index (χ3n) is 7.79. The summed E-state index contributed by atoms with van der Waals surface area (Å²) in [7, 11) is -4.07. The maximum atomic E-state index is 14.0. The van der Waals surface area contributed by atoms with E-state index >= 15 is 0 Å². The number of sulfonamides is 1. The molecule has 0 radical (unpaired) electrons. The van der Waals surface area contributed by atoms with Gasteiger partial charge in [-0.1, -0.05) is 55.3 Å². The van der Waals surface area contributed by atoms with E-state index < -0.39 is 16.1 Å². The van der Waals surface area contributed by atoms with Gasteiger partial charge in [0.15, 0.2) is 9.76 Å². The third-order valence-corrected chi connectivity index (χ3v) is 9.70. The summed E-state index contributed by atoms with van der Waals surface area (Å²) in [5.41, 5.74) is 0.919. The number of carbonyl (C=O) groups excluding carboxylic acids is 1. The molecule has 1 saturated carbocycles. The zero-order valence-corrected chi connectivity index (χ0v) is 22.7. The fourth-order valence-corrected chi connectivity index (χ4v) is 7.29. The second-order valence-corrected chi connectivity index (χ2v) is 12.4. The van der Waals surface area contributed by atoms with Crippen LogP contribution in [-0.2, 0) is 21.2 Å². The normalized spacial score (nSPS) is 17.9. The van der Waals surface area contributed by atoms with Gasteiger partial charge < -0.3 is 10.6 Å². The molecule has 0 bridgehead atoms. The van der Waals surface area contributed by atoms with Gasteiger partial charge in [-0.3, -0.25) is 4.79 Å². The van der Waals surface area contributed by atoms with Crippen molar-refractivity contribution in [3.05, 3.63) is 65.1 Å². The van der Waals surface area contributed by atoms with Gasteiger partial charge in [0, 0.05) is 31.1 Å². The fraction of sp³-hybridized carbons (Fsp3) is 0.536. The molecule has 1 heterocycles. The number of hydrazine groups is 1. The van der Waals surface area contributed by atoms with Crippen LogP contribution >= 0.6 is 0 Å². The summed E-state index contributed by atoms with van der Waals surface area (Å²) in [5, 5.41) is 6.54. The number of nitrogens with zero attached hydrogens (tertiary/aromatic N) is 2.